The second kappa shape index (κ2) is 14.3. The van der Waals surface area contributed by atoms with Crippen LogP contribution in [0.5, 0.6) is 0 Å². The van der Waals surface area contributed by atoms with E-state index in [2.05, 4.69) is 5.32 Å². The summed E-state index contributed by atoms with van der Waals surface area (Å²) < 4.78 is 27.6. The Balaban J connectivity index is 1.65. The molecule has 0 heterocycles. The van der Waals surface area contributed by atoms with E-state index < -0.39 is 28.5 Å². The molecule has 0 spiro atoms. The highest BCUT2D eigenvalue weighted by atomic mass is 35.5. The van der Waals surface area contributed by atoms with Crippen molar-refractivity contribution >= 4 is 45.0 Å². The van der Waals surface area contributed by atoms with Crippen LogP contribution in [0.2, 0.25) is 10.0 Å². The van der Waals surface area contributed by atoms with Crippen LogP contribution in [0.25, 0.3) is 0 Å². The van der Waals surface area contributed by atoms with E-state index in [1.54, 1.807) is 24.3 Å². The zero-order chi connectivity index (χ0) is 29.4. The molecular weight excluding hydrogens is 581 g/mol. The van der Waals surface area contributed by atoms with Gasteiger partial charge < -0.3 is 10.2 Å². The molecule has 1 N–H and O–H groups in total. The van der Waals surface area contributed by atoms with Gasteiger partial charge in [-0.2, -0.15) is 4.31 Å². The maximum Gasteiger partial charge on any atom is 0.243 e. The number of rotatable bonds is 11. The Morgan fingerprint density at radius 3 is 2.05 bits per heavy atom. The van der Waals surface area contributed by atoms with E-state index in [1.165, 1.54) is 36.2 Å². The molecule has 1 aliphatic carbocycles. The molecule has 0 aliphatic heterocycles. The number of carbonyl (C=O) groups is 2. The molecule has 4 rings (SSSR count). The zero-order valence-electron chi connectivity index (χ0n) is 23.0. The van der Waals surface area contributed by atoms with Crippen molar-refractivity contribution < 1.29 is 18.0 Å². The van der Waals surface area contributed by atoms with Gasteiger partial charge in [0.15, 0.2) is 0 Å². The molecular formula is C31H35Cl2N3O4S. The molecule has 7 nitrogen and oxygen atoms in total. The van der Waals surface area contributed by atoms with Gasteiger partial charge in [0.2, 0.25) is 21.8 Å². The Morgan fingerprint density at radius 1 is 0.854 bits per heavy atom. The molecule has 0 radical (unpaired) electrons. The third-order valence-corrected chi connectivity index (χ3v) is 9.69. The van der Waals surface area contributed by atoms with Crippen LogP contribution in [-0.2, 0) is 32.6 Å². The first-order chi connectivity index (χ1) is 19.6. The molecule has 1 saturated carbocycles. The van der Waals surface area contributed by atoms with Crippen molar-refractivity contribution in [2.45, 2.75) is 62.0 Å². The summed E-state index contributed by atoms with van der Waals surface area (Å²) in [7, 11) is -2.62. The summed E-state index contributed by atoms with van der Waals surface area (Å²) in [6, 6.07) is 21.6. The lowest BCUT2D eigenvalue weighted by Gasteiger charge is -2.34. The van der Waals surface area contributed by atoms with Gasteiger partial charge in [-0.1, -0.05) is 84.9 Å². The van der Waals surface area contributed by atoms with Gasteiger partial charge in [0.25, 0.3) is 0 Å². The number of hydrogen-bond donors (Lipinski definition) is 1. The Hall–Kier alpha value is -2.91. The topological polar surface area (TPSA) is 86.8 Å². The van der Waals surface area contributed by atoms with Gasteiger partial charge in [0.05, 0.1) is 11.4 Å². The first-order valence-electron chi connectivity index (χ1n) is 13.7. The van der Waals surface area contributed by atoms with E-state index in [0.29, 0.717) is 10.0 Å². The van der Waals surface area contributed by atoms with Crippen molar-refractivity contribution in [2.24, 2.45) is 0 Å². The largest absolute Gasteiger partial charge is 0.352 e. The van der Waals surface area contributed by atoms with Gasteiger partial charge in [0.1, 0.15) is 6.04 Å². The van der Waals surface area contributed by atoms with Gasteiger partial charge in [0, 0.05) is 36.1 Å². The molecule has 3 aromatic carbocycles. The Bertz CT molecular complexity index is 1410. The van der Waals surface area contributed by atoms with E-state index in [9.17, 15) is 18.0 Å². The highest BCUT2D eigenvalue weighted by molar-refractivity contribution is 7.89. The normalized spacial score (nSPS) is 14.9. The molecule has 0 bridgehead atoms. The zero-order valence-corrected chi connectivity index (χ0v) is 25.3. The van der Waals surface area contributed by atoms with E-state index in [-0.39, 0.29) is 29.8 Å². The van der Waals surface area contributed by atoms with E-state index in [4.69, 9.17) is 23.2 Å². The number of benzene rings is 3. The minimum absolute atomic E-state index is 0.0253. The van der Waals surface area contributed by atoms with Gasteiger partial charge in [-0.05, 0) is 60.4 Å². The van der Waals surface area contributed by atoms with E-state index in [0.717, 1.165) is 47.5 Å². The van der Waals surface area contributed by atoms with Crippen LogP contribution in [0, 0.1) is 0 Å². The van der Waals surface area contributed by atoms with Crippen molar-refractivity contribution in [1.29, 1.82) is 0 Å². The quantitative estimate of drug-likeness (QED) is 0.300. The van der Waals surface area contributed by atoms with Crippen LogP contribution < -0.4 is 5.32 Å². The average molecular weight is 617 g/mol. The van der Waals surface area contributed by atoms with Crippen molar-refractivity contribution in [2.75, 3.05) is 13.6 Å². The highest BCUT2D eigenvalue weighted by Crippen LogP contribution is 2.22. The average Bonchev–Trinajstić information content (AvgIpc) is 2.97. The fourth-order valence-electron chi connectivity index (χ4n) is 5.04. The van der Waals surface area contributed by atoms with Gasteiger partial charge in [-0.3, -0.25) is 9.59 Å². The van der Waals surface area contributed by atoms with Crippen molar-refractivity contribution in [1.82, 2.24) is 14.5 Å². The maximum atomic E-state index is 14.0. The standard InChI is InChI=1S/C31H35Cl2N3O4S/c1-35(41(39,40)28-18-16-26(33)17-19-28)22-30(37)36(21-24-12-14-25(32)15-13-24)29(20-23-8-4-2-5-9-23)31(38)34-27-10-6-3-7-11-27/h2,4-5,8-9,12-19,27,29H,3,6-7,10-11,20-22H2,1H3,(H,34,38). The molecule has 3 aromatic rings. The lowest BCUT2D eigenvalue weighted by atomic mass is 9.94. The van der Waals surface area contributed by atoms with Gasteiger partial charge in [-0.25, -0.2) is 8.42 Å². The molecule has 0 aromatic heterocycles. The molecule has 2 amide bonds. The lowest BCUT2D eigenvalue weighted by molar-refractivity contribution is -0.141. The second-order valence-corrected chi connectivity index (χ2v) is 13.3. The number of likely N-dealkylation sites (N-methyl/N-ethyl adjacent to an activating group) is 1. The smallest absolute Gasteiger partial charge is 0.243 e. The van der Waals surface area contributed by atoms with Crippen molar-refractivity contribution in [3.63, 3.8) is 0 Å². The van der Waals surface area contributed by atoms with Gasteiger partial charge in [-0.15, -0.1) is 0 Å². The maximum absolute atomic E-state index is 14.0. The Labute approximate surface area is 252 Å². The summed E-state index contributed by atoms with van der Waals surface area (Å²) in [6.45, 7) is -0.332. The summed E-state index contributed by atoms with van der Waals surface area (Å²) in [5, 5.41) is 4.14. The van der Waals surface area contributed by atoms with Gasteiger partial charge >= 0.3 is 0 Å². The third-order valence-electron chi connectivity index (χ3n) is 7.37. The number of hydrogen-bond acceptors (Lipinski definition) is 4. The minimum atomic E-state index is -3.98. The molecule has 0 saturated heterocycles. The summed E-state index contributed by atoms with van der Waals surface area (Å²) in [5.41, 5.74) is 1.67. The third kappa shape index (κ3) is 8.55. The first-order valence-corrected chi connectivity index (χ1v) is 15.9. The molecule has 1 aliphatic rings. The summed E-state index contributed by atoms with van der Waals surface area (Å²) in [4.78, 5) is 29.4. The summed E-state index contributed by atoms with van der Waals surface area (Å²) in [6.07, 6.45) is 5.33. The van der Waals surface area contributed by atoms with Crippen LogP contribution >= 0.6 is 23.2 Å². The summed E-state index contributed by atoms with van der Waals surface area (Å²) in [5.74, 6) is -0.731. The van der Waals surface area contributed by atoms with Crippen molar-refractivity contribution in [3.05, 3.63) is 100 Å². The fourth-order valence-corrected chi connectivity index (χ4v) is 6.41. The SMILES string of the molecule is CN(CC(=O)N(Cc1ccc(Cl)cc1)C(Cc1ccccc1)C(=O)NC1CCCCC1)S(=O)(=O)c1ccc(Cl)cc1. The fraction of sp³-hybridized carbons (Fsp3) is 0.355. The van der Waals surface area contributed by atoms with E-state index >= 15 is 0 Å². The molecule has 218 valence electrons. The lowest BCUT2D eigenvalue weighted by Crippen LogP contribution is -2.54. The van der Waals surface area contributed by atoms with Crippen molar-refractivity contribution in [3.8, 4) is 0 Å². The number of halogens is 2. The first kappa shape index (κ1) is 31.0. The summed E-state index contributed by atoms with van der Waals surface area (Å²) >= 11 is 12.0. The molecule has 1 fully saturated rings. The molecule has 1 atom stereocenters. The molecule has 41 heavy (non-hydrogen) atoms. The Kier molecular flexibility index (Phi) is 10.8. The van der Waals surface area contributed by atoms with Crippen LogP contribution in [-0.4, -0.2) is 55.1 Å². The predicted octanol–water partition coefficient (Wildman–Crippen LogP) is 5.70. The Morgan fingerprint density at radius 2 is 1.44 bits per heavy atom. The monoisotopic (exact) mass is 615 g/mol. The molecule has 1 unspecified atom stereocenters. The van der Waals surface area contributed by atoms with Crippen LogP contribution in [0.15, 0.2) is 83.8 Å². The van der Waals surface area contributed by atoms with Crippen LogP contribution in [0.1, 0.15) is 43.2 Å². The number of nitrogens with zero attached hydrogens (tertiary/aromatic N) is 2. The minimum Gasteiger partial charge on any atom is -0.352 e. The van der Waals surface area contributed by atoms with E-state index in [1.807, 2.05) is 30.3 Å². The number of carbonyl (C=O) groups excluding carboxylic acids is 2. The number of sulfonamides is 1. The highest BCUT2D eigenvalue weighted by Gasteiger charge is 2.34. The predicted molar refractivity (Wildman–Crippen MR) is 162 cm³/mol. The second-order valence-electron chi connectivity index (χ2n) is 10.4. The van der Waals surface area contributed by atoms with Crippen LogP contribution in [0.4, 0.5) is 0 Å². The van der Waals surface area contributed by atoms with Crippen LogP contribution in [0.3, 0.4) is 0 Å². The molecule has 10 heteroatoms. The number of amides is 2. The number of nitrogens with one attached hydrogen (secondary N) is 1.